The van der Waals surface area contributed by atoms with E-state index in [1.165, 1.54) is 0 Å². The number of nitrogens with one attached hydrogen (secondary N) is 2. The molecule has 0 spiro atoms. The molecule has 3 N–H and O–H groups in total. The van der Waals surface area contributed by atoms with Crippen molar-refractivity contribution in [2.24, 2.45) is 5.92 Å². The molecule has 6 nitrogen and oxygen atoms in total. The maximum atomic E-state index is 13.1. The summed E-state index contributed by atoms with van der Waals surface area (Å²) in [4.78, 5) is 25.6. The van der Waals surface area contributed by atoms with E-state index in [2.05, 4.69) is 10.2 Å². The van der Waals surface area contributed by atoms with E-state index < -0.39 is 23.4 Å². The molecule has 28 heavy (non-hydrogen) atoms. The van der Waals surface area contributed by atoms with Crippen molar-refractivity contribution in [1.29, 1.82) is 0 Å². The fraction of sp³-hybridized carbons (Fsp3) is 0.273. The number of hydrogen-bond acceptors (Lipinski definition) is 4. The van der Waals surface area contributed by atoms with Crippen LogP contribution in [0.3, 0.4) is 0 Å². The molecule has 1 heterocycles. The van der Waals surface area contributed by atoms with Gasteiger partial charge >= 0.3 is 5.97 Å². The summed E-state index contributed by atoms with van der Waals surface area (Å²) in [6.07, 6.45) is 0.162. The highest BCUT2D eigenvalue weighted by Crippen LogP contribution is 2.44. The van der Waals surface area contributed by atoms with Crippen LogP contribution in [-0.2, 0) is 22.6 Å². The van der Waals surface area contributed by atoms with Gasteiger partial charge in [-0.2, -0.15) is 0 Å². The van der Waals surface area contributed by atoms with Gasteiger partial charge < -0.3 is 14.9 Å². The van der Waals surface area contributed by atoms with E-state index in [1.54, 1.807) is 6.92 Å². The van der Waals surface area contributed by atoms with Crippen molar-refractivity contribution in [3.05, 3.63) is 93.4 Å². The Morgan fingerprint density at radius 3 is 2.43 bits per heavy atom. The van der Waals surface area contributed by atoms with Crippen LogP contribution in [0, 0.1) is 5.92 Å². The van der Waals surface area contributed by atoms with E-state index >= 15 is 0 Å². The minimum absolute atomic E-state index is 0.115. The zero-order valence-electron chi connectivity index (χ0n) is 15.5. The summed E-state index contributed by atoms with van der Waals surface area (Å²) in [7, 11) is 0. The lowest BCUT2D eigenvalue weighted by Gasteiger charge is -2.40. The molecule has 0 radical (unpaired) electrons. The SMILES string of the molecule is C[C@]1(O)Cc2[nH][nH]c(=O)c2[C@@H](c2ccccc2)[C@@H]1C(=O)OCc1ccccc1. The van der Waals surface area contributed by atoms with Crippen molar-refractivity contribution in [3.8, 4) is 0 Å². The van der Waals surface area contributed by atoms with Crippen LogP contribution < -0.4 is 5.56 Å². The van der Waals surface area contributed by atoms with Crippen LogP contribution >= 0.6 is 0 Å². The Balaban J connectivity index is 1.73. The van der Waals surface area contributed by atoms with Gasteiger partial charge in [-0.1, -0.05) is 60.7 Å². The summed E-state index contributed by atoms with van der Waals surface area (Å²) in [5.74, 6) is -2.02. The lowest BCUT2D eigenvalue weighted by molar-refractivity contribution is -0.161. The van der Waals surface area contributed by atoms with E-state index in [0.29, 0.717) is 11.3 Å². The standard InChI is InChI=1S/C22H22N2O4/c1-22(27)12-16-18(20(25)24-23-16)17(15-10-6-3-7-11-15)19(22)21(26)28-13-14-8-4-2-5-9-14/h2-11,17,19,27H,12-13H2,1H3,(H2,23,24,25)/t17-,19-,22+/m1/s1. The molecule has 0 saturated heterocycles. The maximum Gasteiger partial charge on any atom is 0.313 e. The van der Waals surface area contributed by atoms with Crippen LogP contribution in [0.25, 0.3) is 0 Å². The quantitative estimate of drug-likeness (QED) is 0.608. The molecule has 6 heteroatoms. The maximum absolute atomic E-state index is 13.1. The molecular weight excluding hydrogens is 356 g/mol. The second-order valence-corrected chi connectivity index (χ2v) is 7.46. The number of hydrogen-bond donors (Lipinski definition) is 3. The number of carbonyl (C=O) groups is 1. The smallest absolute Gasteiger partial charge is 0.313 e. The zero-order valence-corrected chi connectivity index (χ0v) is 15.5. The molecule has 4 rings (SSSR count). The first-order valence-corrected chi connectivity index (χ1v) is 9.24. The topological polar surface area (TPSA) is 95.2 Å². The summed E-state index contributed by atoms with van der Waals surface area (Å²) in [6, 6.07) is 18.7. The Labute approximate surface area is 162 Å². The monoisotopic (exact) mass is 378 g/mol. The minimum Gasteiger partial charge on any atom is -0.460 e. The van der Waals surface area contributed by atoms with Crippen molar-refractivity contribution in [3.63, 3.8) is 0 Å². The molecule has 1 aliphatic carbocycles. The van der Waals surface area contributed by atoms with Gasteiger partial charge in [-0.3, -0.25) is 14.7 Å². The van der Waals surface area contributed by atoms with E-state index in [-0.39, 0.29) is 18.6 Å². The van der Waals surface area contributed by atoms with Gasteiger partial charge in [0.2, 0.25) is 0 Å². The Bertz CT molecular complexity index is 1020. The Morgan fingerprint density at radius 1 is 1.11 bits per heavy atom. The zero-order chi connectivity index (χ0) is 19.7. The molecule has 0 fully saturated rings. The second kappa shape index (κ2) is 7.13. The highest BCUT2D eigenvalue weighted by molar-refractivity contribution is 5.77. The number of esters is 1. The van der Waals surface area contributed by atoms with Gasteiger partial charge in [-0.15, -0.1) is 0 Å². The predicted octanol–water partition coefficient (Wildman–Crippen LogP) is 2.50. The molecule has 0 bridgehead atoms. The van der Waals surface area contributed by atoms with Gasteiger partial charge in [0.1, 0.15) is 6.61 Å². The van der Waals surface area contributed by atoms with Crippen molar-refractivity contribution in [2.45, 2.75) is 31.5 Å². The predicted molar refractivity (Wildman–Crippen MR) is 104 cm³/mol. The average molecular weight is 378 g/mol. The fourth-order valence-corrected chi connectivity index (χ4v) is 4.09. The number of benzene rings is 2. The summed E-state index contributed by atoms with van der Waals surface area (Å²) in [5, 5.41) is 16.6. The Kier molecular flexibility index (Phi) is 4.65. The molecule has 1 aromatic heterocycles. The number of aromatic amines is 2. The van der Waals surface area contributed by atoms with Gasteiger partial charge in [0.05, 0.1) is 11.5 Å². The number of aliphatic hydroxyl groups is 1. The third kappa shape index (κ3) is 3.27. The molecule has 0 unspecified atom stereocenters. The first-order valence-electron chi connectivity index (χ1n) is 9.24. The van der Waals surface area contributed by atoms with Crippen molar-refractivity contribution in [2.75, 3.05) is 0 Å². The van der Waals surface area contributed by atoms with Gasteiger partial charge in [0.15, 0.2) is 0 Å². The van der Waals surface area contributed by atoms with E-state index in [4.69, 9.17) is 4.74 Å². The van der Waals surface area contributed by atoms with Crippen molar-refractivity contribution >= 4 is 5.97 Å². The molecule has 0 aliphatic heterocycles. The molecule has 144 valence electrons. The molecular formula is C22H22N2O4. The summed E-state index contributed by atoms with van der Waals surface area (Å²) in [6.45, 7) is 1.73. The number of rotatable bonds is 4. The third-order valence-electron chi connectivity index (χ3n) is 5.38. The van der Waals surface area contributed by atoms with Crippen LogP contribution in [0.4, 0.5) is 0 Å². The number of carbonyl (C=O) groups excluding carboxylic acids is 1. The number of fused-ring (bicyclic) bond motifs is 1. The number of ether oxygens (including phenoxy) is 1. The second-order valence-electron chi connectivity index (χ2n) is 7.46. The largest absolute Gasteiger partial charge is 0.460 e. The summed E-state index contributed by atoms with van der Waals surface area (Å²) in [5.41, 5.74) is 1.11. The Morgan fingerprint density at radius 2 is 1.75 bits per heavy atom. The van der Waals surface area contributed by atoms with Crippen LogP contribution in [0.2, 0.25) is 0 Å². The number of H-pyrrole nitrogens is 2. The highest BCUT2D eigenvalue weighted by Gasteiger charge is 2.51. The van der Waals surface area contributed by atoms with Gasteiger partial charge in [-0.05, 0) is 18.1 Å². The minimum atomic E-state index is -1.37. The van der Waals surface area contributed by atoms with Gasteiger partial charge in [-0.25, -0.2) is 0 Å². The van der Waals surface area contributed by atoms with Crippen LogP contribution in [-0.4, -0.2) is 26.9 Å². The molecule has 2 aromatic carbocycles. The van der Waals surface area contributed by atoms with Gasteiger partial charge in [0, 0.05) is 23.6 Å². The van der Waals surface area contributed by atoms with Crippen molar-refractivity contribution < 1.29 is 14.6 Å². The first-order chi connectivity index (χ1) is 13.5. The first kappa shape index (κ1) is 18.3. The lowest BCUT2D eigenvalue weighted by Crippen LogP contribution is -2.50. The highest BCUT2D eigenvalue weighted by atomic mass is 16.5. The molecule has 3 atom stereocenters. The fourth-order valence-electron chi connectivity index (χ4n) is 4.09. The van der Waals surface area contributed by atoms with E-state index in [1.807, 2.05) is 60.7 Å². The Hall–Kier alpha value is -3.12. The van der Waals surface area contributed by atoms with Crippen LogP contribution in [0.5, 0.6) is 0 Å². The van der Waals surface area contributed by atoms with E-state index in [9.17, 15) is 14.7 Å². The molecule has 0 amide bonds. The molecule has 1 aliphatic rings. The lowest BCUT2D eigenvalue weighted by atomic mass is 9.66. The summed E-state index contributed by atoms with van der Waals surface area (Å²) < 4.78 is 5.56. The van der Waals surface area contributed by atoms with E-state index in [0.717, 1.165) is 11.1 Å². The molecule has 3 aromatic rings. The van der Waals surface area contributed by atoms with Crippen LogP contribution in [0.15, 0.2) is 65.5 Å². The van der Waals surface area contributed by atoms with Crippen LogP contribution in [0.1, 0.15) is 35.2 Å². The normalized spacial score (nSPS) is 23.8. The average Bonchev–Trinajstić information content (AvgIpc) is 3.05. The number of aromatic nitrogens is 2. The van der Waals surface area contributed by atoms with Crippen molar-refractivity contribution in [1.82, 2.24) is 10.2 Å². The van der Waals surface area contributed by atoms with Gasteiger partial charge in [0.25, 0.3) is 5.56 Å². The third-order valence-corrected chi connectivity index (χ3v) is 5.38. The summed E-state index contributed by atoms with van der Waals surface area (Å²) >= 11 is 0. The molecule has 0 saturated carbocycles.